The molecule has 3 aromatic heterocycles. The average Bonchev–Trinajstić information content (AvgIpc) is 3.58. The van der Waals surface area contributed by atoms with Crippen molar-refractivity contribution in [2.24, 2.45) is 0 Å². The molecule has 6 rings (SSSR count). The lowest BCUT2D eigenvalue weighted by molar-refractivity contribution is 0.483. The number of rotatable bonds is 2. The third-order valence-corrected chi connectivity index (χ3v) is 6.46. The molecule has 2 aliphatic rings. The van der Waals surface area contributed by atoms with Crippen LogP contribution in [0.3, 0.4) is 0 Å². The van der Waals surface area contributed by atoms with Gasteiger partial charge in [0, 0.05) is 27.6 Å². The van der Waals surface area contributed by atoms with Gasteiger partial charge in [-0.15, -0.1) is 0 Å². The maximum absolute atomic E-state index is 11.7. The molecule has 0 atom stereocenters. The number of aromatic amines is 2. The molecule has 0 amide bonds. The molecular formula is C26H18N4O3S. The van der Waals surface area contributed by atoms with Crippen molar-refractivity contribution >= 4 is 56.5 Å². The van der Waals surface area contributed by atoms with Gasteiger partial charge >= 0.3 is 0 Å². The van der Waals surface area contributed by atoms with E-state index >= 15 is 0 Å². The largest absolute Gasteiger partial charge is 0.355 e. The Bertz CT molecular complexity index is 1790. The van der Waals surface area contributed by atoms with E-state index in [0.717, 1.165) is 50.4 Å². The van der Waals surface area contributed by atoms with Crippen LogP contribution in [0, 0.1) is 0 Å². The third kappa shape index (κ3) is 3.96. The second-order valence-electron chi connectivity index (χ2n) is 8.09. The molecule has 0 fully saturated rings. The molecule has 3 N–H and O–H groups in total. The van der Waals surface area contributed by atoms with Gasteiger partial charge in [-0.2, -0.15) is 8.42 Å². The Balaban J connectivity index is 1.65. The van der Waals surface area contributed by atoms with E-state index in [2.05, 4.69) is 15.0 Å². The van der Waals surface area contributed by atoms with Gasteiger partial charge < -0.3 is 9.97 Å². The van der Waals surface area contributed by atoms with Gasteiger partial charge in [-0.1, -0.05) is 12.1 Å². The highest BCUT2D eigenvalue weighted by Crippen LogP contribution is 2.29. The second kappa shape index (κ2) is 7.65. The lowest BCUT2D eigenvalue weighted by atomic mass is 10.1. The van der Waals surface area contributed by atoms with Crippen molar-refractivity contribution in [3.8, 4) is 11.1 Å². The number of hydrogen-bond acceptors (Lipinski definition) is 4. The summed E-state index contributed by atoms with van der Waals surface area (Å²) in [4.78, 5) is 15.9. The topological polar surface area (TPSA) is 112 Å². The molecule has 5 heterocycles. The van der Waals surface area contributed by atoms with E-state index in [0.29, 0.717) is 5.56 Å². The van der Waals surface area contributed by atoms with E-state index < -0.39 is 10.1 Å². The van der Waals surface area contributed by atoms with Crippen LogP contribution in [-0.4, -0.2) is 32.9 Å². The average molecular weight is 467 g/mol. The molecule has 2 aliphatic heterocycles. The third-order valence-electron chi connectivity index (χ3n) is 5.61. The minimum Gasteiger partial charge on any atom is -0.355 e. The van der Waals surface area contributed by atoms with Crippen LogP contribution in [0.25, 0.3) is 57.5 Å². The van der Waals surface area contributed by atoms with Crippen molar-refractivity contribution in [1.29, 1.82) is 0 Å². The zero-order valence-electron chi connectivity index (χ0n) is 17.7. The number of nitrogens with zero attached hydrogens (tertiary/aromatic N) is 2. The molecule has 0 spiro atoms. The van der Waals surface area contributed by atoms with E-state index in [1.54, 1.807) is 12.1 Å². The van der Waals surface area contributed by atoms with Gasteiger partial charge in [0.2, 0.25) is 0 Å². The Hall–Kier alpha value is -4.27. The first kappa shape index (κ1) is 20.3. The fourth-order valence-corrected chi connectivity index (χ4v) is 4.61. The molecule has 7 nitrogen and oxygen atoms in total. The van der Waals surface area contributed by atoms with Crippen molar-refractivity contribution < 1.29 is 13.0 Å². The summed E-state index contributed by atoms with van der Waals surface area (Å²) in [6.45, 7) is 0. The van der Waals surface area contributed by atoms with Crippen molar-refractivity contribution in [3.63, 3.8) is 0 Å². The zero-order chi connectivity index (χ0) is 23.3. The summed E-state index contributed by atoms with van der Waals surface area (Å²) in [5.41, 5.74) is 8.07. The fourth-order valence-electron chi connectivity index (χ4n) is 4.08. The molecule has 0 aliphatic carbocycles. The summed E-state index contributed by atoms with van der Waals surface area (Å²) in [7, 11) is -4.32. The number of nitrogens with one attached hydrogen (secondary N) is 2. The van der Waals surface area contributed by atoms with Crippen molar-refractivity contribution in [2.45, 2.75) is 4.90 Å². The van der Waals surface area contributed by atoms with Crippen LogP contribution >= 0.6 is 0 Å². The smallest absolute Gasteiger partial charge is 0.294 e. The summed E-state index contributed by atoms with van der Waals surface area (Å²) < 4.78 is 32.9. The fraction of sp³-hybridized carbons (Fsp3) is 0. The minimum absolute atomic E-state index is 0.160. The molecule has 8 heteroatoms. The maximum atomic E-state index is 11.7. The Morgan fingerprint density at radius 2 is 1.24 bits per heavy atom. The van der Waals surface area contributed by atoms with Crippen LogP contribution < -0.4 is 0 Å². The molecule has 0 unspecified atom stereocenters. The standard InChI is InChI=1S/C26H18N4O3S/c31-34(32,33)24-3-1-2-16(10-24)25-14-23-13-21-7-6-19(28-21)11-17-4-5-18(27-17)12-20-8-9-22(29-20)15-26(25)30-23/h1-15,27,30H,(H,31,32,33). The SMILES string of the molecule is O=S(=O)(O)c1cccc(-c2cc3cc4nc(cc5ccc(cc6nc(cc2[nH]3)C=C6)[nH]5)C=C4)c1. The number of H-pyrrole nitrogens is 2. The first-order chi connectivity index (χ1) is 16.4. The molecule has 166 valence electrons. The summed E-state index contributed by atoms with van der Waals surface area (Å²) in [6.07, 6.45) is 7.75. The van der Waals surface area contributed by atoms with Gasteiger partial charge in [0.1, 0.15) is 0 Å². The Morgan fingerprint density at radius 1 is 0.647 bits per heavy atom. The van der Waals surface area contributed by atoms with E-state index in [4.69, 9.17) is 4.98 Å². The molecule has 0 saturated carbocycles. The van der Waals surface area contributed by atoms with Crippen LogP contribution in [0.1, 0.15) is 22.8 Å². The lowest BCUT2D eigenvalue weighted by Gasteiger charge is -2.02. The van der Waals surface area contributed by atoms with E-state index in [1.165, 1.54) is 12.1 Å². The molecule has 0 radical (unpaired) electrons. The van der Waals surface area contributed by atoms with Crippen molar-refractivity contribution in [3.05, 3.63) is 89.5 Å². The van der Waals surface area contributed by atoms with Gasteiger partial charge in [0.15, 0.2) is 0 Å². The molecule has 8 bridgehead atoms. The monoisotopic (exact) mass is 466 g/mol. The van der Waals surface area contributed by atoms with Crippen LogP contribution in [0.5, 0.6) is 0 Å². The minimum atomic E-state index is -4.32. The van der Waals surface area contributed by atoms with E-state index in [-0.39, 0.29) is 4.90 Å². The summed E-state index contributed by atoms with van der Waals surface area (Å²) >= 11 is 0. The van der Waals surface area contributed by atoms with Gasteiger partial charge in [0.25, 0.3) is 10.1 Å². The summed E-state index contributed by atoms with van der Waals surface area (Å²) in [6, 6.07) is 19.9. The van der Waals surface area contributed by atoms with Crippen LogP contribution in [-0.2, 0) is 10.1 Å². The predicted octanol–water partition coefficient (Wildman–Crippen LogP) is 5.57. The molecule has 0 saturated heterocycles. The van der Waals surface area contributed by atoms with Gasteiger partial charge in [-0.05, 0) is 84.5 Å². The molecular weight excluding hydrogens is 448 g/mol. The number of aromatic nitrogens is 4. The molecule has 1 aromatic carbocycles. The highest BCUT2D eigenvalue weighted by molar-refractivity contribution is 7.85. The molecule has 4 aromatic rings. The van der Waals surface area contributed by atoms with Gasteiger partial charge in [0.05, 0.1) is 27.7 Å². The Morgan fingerprint density at radius 3 is 1.85 bits per heavy atom. The lowest BCUT2D eigenvalue weighted by Crippen LogP contribution is -1.97. The van der Waals surface area contributed by atoms with Gasteiger partial charge in [-0.25, -0.2) is 9.97 Å². The maximum Gasteiger partial charge on any atom is 0.294 e. The molecule has 34 heavy (non-hydrogen) atoms. The van der Waals surface area contributed by atoms with E-state index in [9.17, 15) is 13.0 Å². The first-order valence-electron chi connectivity index (χ1n) is 10.6. The predicted molar refractivity (Wildman–Crippen MR) is 134 cm³/mol. The number of fused-ring (bicyclic) bond motifs is 8. The summed E-state index contributed by atoms with van der Waals surface area (Å²) in [5, 5.41) is 0. The van der Waals surface area contributed by atoms with Crippen molar-refractivity contribution in [2.75, 3.05) is 0 Å². The van der Waals surface area contributed by atoms with Crippen LogP contribution in [0.2, 0.25) is 0 Å². The second-order valence-corrected chi connectivity index (χ2v) is 9.51. The Kier molecular flexibility index (Phi) is 4.58. The highest BCUT2D eigenvalue weighted by Gasteiger charge is 2.12. The van der Waals surface area contributed by atoms with Gasteiger partial charge in [-0.3, -0.25) is 4.55 Å². The van der Waals surface area contributed by atoms with Crippen molar-refractivity contribution in [1.82, 2.24) is 19.9 Å². The van der Waals surface area contributed by atoms with Crippen LogP contribution in [0.15, 0.2) is 71.6 Å². The Labute approximate surface area is 194 Å². The normalized spacial score (nSPS) is 12.9. The zero-order valence-corrected chi connectivity index (χ0v) is 18.5. The number of hydrogen-bond donors (Lipinski definition) is 3. The van der Waals surface area contributed by atoms with Crippen LogP contribution in [0.4, 0.5) is 0 Å². The summed E-state index contributed by atoms with van der Waals surface area (Å²) in [5.74, 6) is 0. The quantitative estimate of drug-likeness (QED) is 0.289. The number of benzene rings is 1. The van der Waals surface area contributed by atoms with E-state index in [1.807, 2.05) is 66.8 Å². The highest BCUT2D eigenvalue weighted by atomic mass is 32.2. The first-order valence-corrected chi connectivity index (χ1v) is 12.0.